The van der Waals surface area contributed by atoms with Gasteiger partial charge in [0, 0.05) is 10.9 Å². The van der Waals surface area contributed by atoms with Gasteiger partial charge < -0.3 is 9.47 Å². The lowest BCUT2D eigenvalue weighted by atomic mass is 10.2. The Kier molecular flexibility index (Phi) is 4.32. The highest BCUT2D eigenvalue weighted by Gasteiger charge is 2.13. The minimum absolute atomic E-state index is 0.400. The molecule has 0 radical (unpaired) electrons. The first-order valence-corrected chi connectivity index (χ1v) is 6.91. The van der Waals surface area contributed by atoms with E-state index in [1.54, 1.807) is 20.3 Å². The van der Waals surface area contributed by atoms with Crippen LogP contribution in [0.5, 0.6) is 11.5 Å². The number of halogens is 2. The molecule has 1 aromatic carbocycles. The Morgan fingerprint density at radius 1 is 1.28 bits per heavy atom. The second kappa shape index (κ2) is 5.78. The highest BCUT2D eigenvalue weighted by atomic mass is 35.5. The van der Waals surface area contributed by atoms with Crippen LogP contribution in [0.25, 0.3) is 10.6 Å². The minimum atomic E-state index is 0.400. The molecule has 0 spiro atoms. The largest absolute Gasteiger partial charge is 0.493 e. The summed E-state index contributed by atoms with van der Waals surface area (Å²) in [4.78, 5) is 4.40. The van der Waals surface area contributed by atoms with Crippen LogP contribution in [0.15, 0.2) is 17.5 Å². The first-order valence-electron chi connectivity index (χ1n) is 5.11. The van der Waals surface area contributed by atoms with E-state index < -0.39 is 0 Å². The van der Waals surface area contributed by atoms with Crippen molar-refractivity contribution in [2.45, 2.75) is 5.88 Å². The fourth-order valence-corrected chi connectivity index (χ4v) is 2.87. The summed E-state index contributed by atoms with van der Waals surface area (Å²) in [6, 6.07) is 3.65. The minimum Gasteiger partial charge on any atom is -0.493 e. The topological polar surface area (TPSA) is 31.4 Å². The first-order chi connectivity index (χ1) is 8.69. The number of benzene rings is 1. The van der Waals surface area contributed by atoms with Crippen LogP contribution in [-0.2, 0) is 5.88 Å². The zero-order chi connectivity index (χ0) is 13.1. The van der Waals surface area contributed by atoms with E-state index in [-0.39, 0.29) is 0 Å². The molecular formula is C12H11Cl2NO2S. The predicted molar refractivity (Wildman–Crippen MR) is 75.2 cm³/mol. The molecule has 0 saturated carbocycles. The number of thiazole rings is 1. The number of ether oxygens (including phenoxy) is 2. The van der Waals surface area contributed by atoms with Crippen molar-refractivity contribution in [1.82, 2.24) is 4.98 Å². The van der Waals surface area contributed by atoms with Crippen molar-refractivity contribution in [3.05, 3.63) is 28.2 Å². The van der Waals surface area contributed by atoms with E-state index in [2.05, 4.69) is 4.98 Å². The molecule has 0 aliphatic carbocycles. The molecule has 0 fully saturated rings. The Balaban J connectivity index is 2.48. The summed E-state index contributed by atoms with van der Waals surface area (Å²) in [5.74, 6) is 1.51. The normalized spacial score (nSPS) is 10.4. The lowest BCUT2D eigenvalue weighted by molar-refractivity contribution is 0.355. The highest BCUT2D eigenvalue weighted by molar-refractivity contribution is 7.13. The standard InChI is InChI=1S/C12H11Cl2NO2S/c1-16-10-4-7(3-9(14)11(10)17-2)12-15-8(5-13)6-18-12/h3-4,6H,5H2,1-2H3. The van der Waals surface area contributed by atoms with Gasteiger partial charge in [0.05, 0.1) is 30.8 Å². The molecule has 0 unspecified atom stereocenters. The van der Waals surface area contributed by atoms with E-state index in [1.807, 2.05) is 11.4 Å². The summed E-state index contributed by atoms with van der Waals surface area (Å²) in [5, 5.41) is 3.27. The van der Waals surface area contributed by atoms with Gasteiger partial charge in [-0.25, -0.2) is 4.98 Å². The number of rotatable bonds is 4. The van der Waals surface area contributed by atoms with E-state index >= 15 is 0 Å². The molecule has 1 aromatic heterocycles. The quantitative estimate of drug-likeness (QED) is 0.793. The molecule has 0 amide bonds. The van der Waals surface area contributed by atoms with Gasteiger partial charge in [0.1, 0.15) is 5.01 Å². The van der Waals surface area contributed by atoms with Gasteiger partial charge in [-0.1, -0.05) is 11.6 Å². The Labute approximate surface area is 119 Å². The van der Waals surface area contributed by atoms with Crippen molar-refractivity contribution in [1.29, 1.82) is 0 Å². The lowest BCUT2D eigenvalue weighted by Crippen LogP contribution is -1.92. The second-order valence-corrected chi connectivity index (χ2v) is 5.00. The number of hydrogen-bond donors (Lipinski definition) is 0. The molecule has 0 N–H and O–H groups in total. The second-order valence-electron chi connectivity index (χ2n) is 3.47. The molecule has 0 aliphatic heterocycles. The van der Waals surface area contributed by atoms with Crippen LogP contribution < -0.4 is 9.47 Å². The maximum absolute atomic E-state index is 6.15. The Hall–Kier alpha value is -0.970. The smallest absolute Gasteiger partial charge is 0.179 e. The fourth-order valence-electron chi connectivity index (χ4n) is 1.54. The summed E-state index contributed by atoms with van der Waals surface area (Å²) in [5.41, 5.74) is 1.74. The van der Waals surface area contributed by atoms with Gasteiger partial charge in [0.15, 0.2) is 11.5 Å². The van der Waals surface area contributed by atoms with Crippen molar-refractivity contribution < 1.29 is 9.47 Å². The van der Waals surface area contributed by atoms with E-state index in [1.165, 1.54) is 11.3 Å². The van der Waals surface area contributed by atoms with Crippen LogP contribution in [-0.4, -0.2) is 19.2 Å². The Morgan fingerprint density at radius 3 is 2.61 bits per heavy atom. The van der Waals surface area contributed by atoms with Gasteiger partial charge in [-0.15, -0.1) is 22.9 Å². The molecule has 1 heterocycles. The molecule has 2 aromatic rings. The molecule has 0 saturated heterocycles. The Morgan fingerprint density at radius 2 is 2.06 bits per heavy atom. The average molecular weight is 304 g/mol. The maximum atomic E-state index is 6.15. The zero-order valence-electron chi connectivity index (χ0n) is 9.87. The van der Waals surface area contributed by atoms with Gasteiger partial charge in [0.2, 0.25) is 0 Å². The fraction of sp³-hybridized carbons (Fsp3) is 0.250. The van der Waals surface area contributed by atoms with Crippen LogP contribution in [0.1, 0.15) is 5.69 Å². The number of aromatic nitrogens is 1. The van der Waals surface area contributed by atoms with Crippen molar-refractivity contribution in [3.63, 3.8) is 0 Å². The number of hydrogen-bond acceptors (Lipinski definition) is 4. The summed E-state index contributed by atoms with van der Waals surface area (Å²) < 4.78 is 10.4. The van der Waals surface area contributed by atoms with Gasteiger partial charge in [0.25, 0.3) is 0 Å². The highest BCUT2D eigenvalue weighted by Crippen LogP contribution is 2.39. The van der Waals surface area contributed by atoms with E-state index in [4.69, 9.17) is 32.7 Å². The third kappa shape index (κ3) is 2.55. The van der Waals surface area contributed by atoms with Crippen molar-refractivity contribution >= 4 is 34.5 Å². The number of nitrogens with zero attached hydrogens (tertiary/aromatic N) is 1. The van der Waals surface area contributed by atoms with Gasteiger partial charge in [-0.2, -0.15) is 0 Å². The summed E-state index contributed by atoms with van der Waals surface area (Å²) in [6.45, 7) is 0. The Bertz CT molecular complexity index is 557. The van der Waals surface area contributed by atoms with Gasteiger partial charge >= 0.3 is 0 Å². The van der Waals surface area contributed by atoms with Crippen LogP contribution in [0, 0.1) is 0 Å². The van der Waals surface area contributed by atoms with Crippen molar-refractivity contribution in [3.8, 4) is 22.1 Å². The average Bonchev–Trinajstić information content (AvgIpc) is 2.86. The van der Waals surface area contributed by atoms with Crippen LogP contribution in [0.4, 0.5) is 0 Å². The number of methoxy groups -OCH3 is 2. The molecule has 2 rings (SSSR count). The van der Waals surface area contributed by atoms with Crippen LogP contribution in [0.3, 0.4) is 0 Å². The van der Waals surface area contributed by atoms with E-state index in [0.29, 0.717) is 22.4 Å². The first kappa shape index (κ1) is 13.5. The third-order valence-corrected chi connectivity index (χ3v) is 3.86. The number of alkyl halides is 1. The van der Waals surface area contributed by atoms with Crippen LogP contribution in [0.2, 0.25) is 5.02 Å². The predicted octanol–water partition coefficient (Wildman–Crippen LogP) is 4.22. The maximum Gasteiger partial charge on any atom is 0.179 e. The molecule has 0 bridgehead atoms. The summed E-state index contributed by atoms with van der Waals surface area (Å²) in [6.07, 6.45) is 0. The lowest BCUT2D eigenvalue weighted by Gasteiger charge is -2.10. The summed E-state index contributed by atoms with van der Waals surface area (Å²) in [7, 11) is 3.13. The van der Waals surface area contributed by atoms with Gasteiger partial charge in [-0.3, -0.25) is 0 Å². The van der Waals surface area contributed by atoms with E-state index in [0.717, 1.165) is 16.3 Å². The SMILES string of the molecule is COc1cc(-c2nc(CCl)cs2)cc(Cl)c1OC. The van der Waals surface area contributed by atoms with E-state index in [9.17, 15) is 0 Å². The third-order valence-electron chi connectivity index (χ3n) is 2.37. The molecule has 96 valence electrons. The summed E-state index contributed by atoms with van der Waals surface area (Å²) >= 11 is 13.4. The van der Waals surface area contributed by atoms with Gasteiger partial charge in [-0.05, 0) is 12.1 Å². The van der Waals surface area contributed by atoms with Crippen LogP contribution >= 0.6 is 34.5 Å². The van der Waals surface area contributed by atoms with Crippen molar-refractivity contribution in [2.24, 2.45) is 0 Å². The zero-order valence-corrected chi connectivity index (χ0v) is 12.2. The molecule has 18 heavy (non-hydrogen) atoms. The molecular weight excluding hydrogens is 293 g/mol. The molecule has 6 heteroatoms. The monoisotopic (exact) mass is 303 g/mol. The molecule has 0 atom stereocenters. The van der Waals surface area contributed by atoms with Crippen molar-refractivity contribution in [2.75, 3.05) is 14.2 Å². The molecule has 0 aliphatic rings. The molecule has 3 nitrogen and oxygen atoms in total.